The molecule has 2 aromatic carbocycles. The van der Waals surface area contributed by atoms with E-state index in [1.54, 1.807) is 30.3 Å². The lowest BCUT2D eigenvalue weighted by Crippen LogP contribution is -2.41. The minimum absolute atomic E-state index is 0.220. The molecular weight excluding hydrogens is 351 g/mol. The smallest absolute Gasteiger partial charge is 0.252 e. The third kappa shape index (κ3) is 3.58. The van der Waals surface area contributed by atoms with E-state index < -0.39 is 17.8 Å². The molecule has 27 heavy (non-hydrogen) atoms. The summed E-state index contributed by atoms with van der Waals surface area (Å²) in [5, 5.41) is 2.72. The maximum absolute atomic E-state index is 14.0. The number of para-hydroxylation sites is 1. The number of amides is 2. The van der Waals surface area contributed by atoms with Crippen LogP contribution in [0.3, 0.4) is 0 Å². The first-order chi connectivity index (χ1) is 13.0. The van der Waals surface area contributed by atoms with Crippen LogP contribution in [0.15, 0.2) is 36.4 Å². The highest BCUT2D eigenvalue weighted by Crippen LogP contribution is 2.30. The molecule has 1 aliphatic heterocycles. The predicted molar refractivity (Wildman–Crippen MR) is 98.9 cm³/mol. The standard InChI is InChI=1S/C20H21FN2O4/c1-12-17(26-2)10-13(11-18(12)27-3)19(24)22-15-8-9-23(20(15)25)16-7-5-4-6-14(16)21/h4-7,10-11,15H,8-9H2,1-3H3,(H,22,24). The van der Waals surface area contributed by atoms with E-state index >= 15 is 0 Å². The van der Waals surface area contributed by atoms with Gasteiger partial charge in [0, 0.05) is 17.7 Å². The highest BCUT2D eigenvalue weighted by atomic mass is 19.1. The summed E-state index contributed by atoms with van der Waals surface area (Å²) in [6, 6.07) is 8.57. The van der Waals surface area contributed by atoms with Crippen molar-refractivity contribution in [2.24, 2.45) is 0 Å². The Morgan fingerprint density at radius 1 is 1.19 bits per heavy atom. The van der Waals surface area contributed by atoms with Gasteiger partial charge in [0.05, 0.1) is 19.9 Å². The molecule has 1 N–H and O–H groups in total. The van der Waals surface area contributed by atoms with Crippen LogP contribution in [-0.4, -0.2) is 38.6 Å². The second-order valence-corrected chi connectivity index (χ2v) is 6.26. The van der Waals surface area contributed by atoms with E-state index in [-0.39, 0.29) is 11.6 Å². The zero-order chi connectivity index (χ0) is 19.6. The van der Waals surface area contributed by atoms with E-state index in [9.17, 15) is 14.0 Å². The summed E-state index contributed by atoms with van der Waals surface area (Å²) in [4.78, 5) is 26.6. The number of carbonyl (C=O) groups is 2. The van der Waals surface area contributed by atoms with Crippen molar-refractivity contribution < 1.29 is 23.5 Å². The molecule has 0 saturated carbocycles. The van der Waals surface area contributed by atoms with Gasteiger partial charge in [0.2, 0.25) is 5.91 Å². The summed E-state index contributed by atoms with van der Waals surface area (Å²) in [6.45, 7) is 2.16. The van der Waals surface area contributed by atoms with E-state index in [0.29, 0.717) is 30.0 Å². The first-order valence-electron chi connectivity index (χ1n) is 8.55. The van der Waals surface area contributed by atoms with Crippen LogP contribution in [0.5, 0.6) is 11.5 Å². The largest absolute Gasteiger partial charge is 0.496 e. The van der Waals surface area contributed by atoms with Crippen LogP contribution in [0.25, 0.3) is 0 Å². The molecule has 7 heteroatoms. The molecule has 2 amide bonds. The second kappa shape index (κ2) is 7.65. The van der Waals surface area contributed by atoms with Gasteiger partial charge in [-0.25, -0.2) is 4.39 Å². The van der Waals surface area contributed by atoms with Crippen molar-refractivity contribution in [2.45, 2.75) is 19.4 Å². The predicted octanol–water partition coefficient (Wildman–Crippen LogP) is 2.69. The number of benzene rings is 2. The Bertz CT molecular complexity index is 859. The molecule has 3 rings (SSSR count). The molecule has 1 atom stereocenters. The van der Waals surface area contributed by atoms with Gasteiger partial charge < -0.3 is 19.7 Å². The number of hydrogen-bond acceptors (Lipinski definition) is 4. The maximum Gasteiger partial charge on any atom is 0.252 e. The highest BCUT2D eigenvalue weighted by Gasteiger charge is 2.35. The van der Waals surface area contributed by atoms with Crippen molar-refractivity contribution in [1.82, 2.24) is 5.32 Å². The van der Waals surface area contributed by atoms with Crippen molar-refractivity contribution in [3.8, 4) is 11.5 Å². The number of ether oxygens (including phenoxy) is 2. The van der Waals surface area contributed by atoms with Gasteiger partial charge in [-0.1, -0.05) is 12.1 Å². The van der Waals surface area contributed by atoms with E-state index in [0.717, 1.165) is 5.56 Å². The number of halogens is 1. The van der Waals surface area contributed by atoms with Crippen LogP contribution in [0, 0.1) is 12.7 Å². The van der Waals surface area contributed by atoms with E-state index in [1.807, 2.05) is 6.92 Å². The quantitative estimate of drug-likeness (QED) is 0.876. The van der Waals surface area contributed by atoms with Crippen molar-refractivity contribution in [2.75, 3.05) is 25.7 Å². The first-order valence-corrected chi connectivity index (χ1v) is 8.55. The highest BCUT2D eigenvalue weighted by molar-refractivity contribution is 6.04. The zero-order valence-electron chi connectivity index (χ0n) is 15.4. The molecule has 1 saturated heterocycles. The van der Waals surface area contributed by atoms with Gasteiger partial charge in [-0.15, -0.1) is 0 Å². The van der Waals surface area contributed by atoms with Crippen LogP contribution in [-0.2, 0) is 4.79 Å². The second-order valence-electron chi connectivity index (χ2n) is 6.26. The molecule has 0 radical (unpaired) electrons. The van der Waals surface area contributed by atoms with Crippen LogP contribution < -0.4 is 19.7 Å². The number of nitrogens with one attached hydrogen (secondary N) is 1. The molecule has 1 aliphatic rings. The van der Waals surface area contributed by atoms with Gasteiger partial charge in [-0.3, -0.25) is 9.59 Å². The molecule has 0 aromatic heterocycles. The minimum atomic E-state index is -0.713. The number of hydrogen-bond donors (Lipinski definition) is 1. The molecule has 1 heterocycles. The van der Waals surface area contributed by atoms with Crippen molar-refractivity contribution >= 4 is 17.5 Å². The van der Waals surface area contributed by atoms with Gasteiger partial charge >= 0.3 is 0 Å². The van der Waals surface area contributed by atoms with Gasteiger partial charge in [-0.05, 0) is 37.6 Å². The minimum Gasteiger partial charge on any atom is -0.496 e. The van der Waals surface area contributed by atoms with Crippen LogP contribution >= 0.6 is 0 Å². The average Bonchev–Trinajstić information content (AvgIpc) is 3.02. The van der Waals surface area contributed by atoms with Gasteiger partial charge in [0.1, 0.15) is 23.4 Å². The summed E-state index contributed by atoms with van der Waals surface area (Å²) in [6.07, 6.45) is 0.402. The van der Waals surface area contributed by atoms with E-state index in [1.165, 1.54) is 25.2 Å². The molecule has 1 fully saturated rings. The third-order valence-corrected chi connectivity index (χ3v) is 4.67. The summed E-state index contributed by atoms with van der Waals surface area (Å²) < 4.78 is 24.5. The summed E-state index contributed by atoms with van der Waals surface area (Å²) in [5.41, 5.74) is 1.32. The fourth-order valence-electron chi connectivity index (χ4n) is 3.18. The summed E-state index contributed by atoms with van der Waals surface area (Å²) in [5.74, 6) is -0.180. The lowest BCUT2D eigenvalue weighted by atomic mass is 10.1. The molecule has 0 bridgehead atoms. The molecule has 0 spiro atoms. The van der Waals surface area contributed by atoms with Crippen molar-refractivity contribution in [3.63, 3.8) is 0 Å². The van der Waals surface area contributed by atoms with Gasteiger partial charge in [-0.2, -0.15) is 0 Å². The molecule has 0 aliphatic carbocycles. The summed E-state index contributed by atoms with van der Waals surface area (Å²) in [7, 11) is 3.02. The van der Waals surface area contributed by atoms with Crippen LogP contribution in [0.4, 0.5) is 10.1 Å². The Balaban J connectivity index is 1.77. The SMILES string of the molecule is COc1cc(C(=O)NC2CCN(c3ccccc3F)C2=O)cc(OC)c1C. The monoisotopic (exact) mass is 372 g/mol. The Hall–Kier alpha value is -3.09. The Morgan fingerprint density at radius 2 is 1.81 bits per heavy atom. The van der Waals surface area contributed by atoms with Crippen molar-refractivity contribution in [3.05, 3.63) is 53.3 Å². The number of methoxy groups -OCH3 is 2. The van der Waals surface area contributed by atoms with Crippen LogP contribution in [0.2, 0.25) is 0 Å². The molecule has 6 nitrogen and oxygen atoms in total. The average molecular weight is 372 g/mol. The van der Waals surface area contributed by atoms with E-state index in [2.05, 4.69) is 5.32 Å². The van der Waals surface area contributed by atoms with Crippen LogP contribution in [0.1, 0.15) is 22.3 Å². The fraction of sp³-hybridized carbons (Fsp3) is 0.300. The third-order valence-electron chi connectivity index (χ3n) is 4.67. The van der Waals surface area contributed by atoms with E-state index in [4.69, 9.17) is 9.47 Å². The molecule has 2 aromatic rings. The first kappa shape index (κ1) is 18.7. The van der Waals surface area contributed by atoms with Gasteiger partial charge in [0.15, 0.2) is 0 Å². The summed E-state index contributed by atoms with van der Waals surface area (Å²) >= 11 is 0. The normalized spacial score (nSPS) is 16.4. The van der Waals surface area contributed by atoms with Gasteiger partial charge in [0.25, 0.3) is 5.91 Å². The maximum atomic E-state index is 14.0. The molecule has 142 valence electrons. The molecular formula is C20H21FN2O4. The number of anilines is 1. The Labute approximate surface area is 156 Å². The number of carbonyl (C=O) groups excluding carboxylic acids is 2. The lowest BCUT2D eigenvalue weighted by Gasteiger charge is -2.18. The Kier molecular flexibility index (Phi) is 5.30. The Morgan fingerprint density at radius 3 is 2.41 bits per heavy atom. The zero-order valence-corrected chi connectivity index (χ0v) is 15.4. The number of nitrogens with zero attached hydrogens (tertiary/aromatic N) is 1. The van der Waals surface area contributed by atoms with Crippen molar-refractivity contribution in [1.29, 1.82) is 0 Å². The topological polar surface area (TPSA) is 67.9 Å². The lowest BCUT2D eigenvalue weighted by molar-refractivity contribution is -0.118. The molecule has 1 unspecified atom stereocenters. The number of rotatable bonds is 5. The fourth-order valence-corrected chi connectivity index (χ4v) is 3.18.